The summed E-state index contributed by atoms with van der Waals surface area (Å²) in [5, 5.41) is 0.774. The van der Waals surface area contributed by atoms with E-state index in [1.165, 1.54) is 0 Å². The van der Waals surface area contributed by atoms with Crippen LogP contribution in [0.2, 0.25) is 0 Å². The van der Waals surface area contributed by atoms with Crippen LogP contribution in [-0.4, -0.2) is 11.0 Å². The first-order chi connectivity index (χ1) is 9.24. The number of pyridine rings is 1. The van der Waals surface area contributed by atoms with Gasteiger partial charge >= 0.3 is 5.97 Å². The molecule has 1 aliphatic rings. The zero-order valence-corrected chi connectivity index (χ0v) is 10.1. The number of nitrogens with two attached hydrogens (primary N) is 1. The maximum atomic E-state index is 12.0. The molecule has 1 aromatic carbocycles. The average molecular weight is 252 g/mol. The second-order valence-electron chi connectivity index (χ2n) is 4.28. The van der Waals surface area contributed by atoms with Crippen molar-refractivity contribution in [2.75, 3.05) is 5.73 Å². The van der Waals surface area contributed by atoms with Crippen molar-refractivity contribution in [1.82, 2.24) is 4.98 Å². The molecule has 0 aliphatic heterocycles. The fourth-order valence-electron chi connectivity index (χ4n) is 2.01. The van der Waals surface area contributed by atoms with Crippen LogP contribution >= 0.6 is 0 Å². The lowest BCUT2D eigenvalue weighted by molar-refractivity contribution is -0.135. The van der Waals surface area contributed by atoms with Gasteiger partial charge in [0.05, 0.1) is 11.4 Å². The fourth-order valence-corrected chi connectivity index (χ4v) is 2.01. The highest BCUT2D eigenvalue weighted by Gasteiger charge is 2.18. The lowest BCUT2D eigenvalue weighted by atomic mass is 10.1. The molecule has 0 saturated carbocycles. The molecular formula is C15H12N2O2. The van der Waals surface area contributed by atoms with Crippen molar-refractivity contribution in [2.45, 2.75) is 0 Å². The molecule has 0 saturated heterocycles. The normalized spacial score (nSPS) is 14.1. The number of fused-ring (bicyclic) bond motifs is 1. The molecule has 0 unspecified atom stereocenters. The average Bonchev–Trinajstić information content (AvgIpc) is 2.92. The Kier molecular flexibility index (Phi) is 2.76. The summed E-state index contributed by atoms with van der Waals surface area (Å²) in [5.74, 6) is 0.134. The Labute approximate surface area is 110 Å². The van der Waals surface area contributed by atoms with Gasteiger partial charge in [0.2, 0.25) is 0 Å². The van der Waals surface area contributed by atoms with E-state index in [-0.39, 0.29) is 11.9 Å². The van der Waals surface area contributed by atoms with E-state index < -0.39 is 0 Å². The second kappa shape index (κ2) is 4.57. The van der Waals surface area contributed by atoms with Crippen molar-refractivity contribution in [1.29, 1.82) is 0 Å². The number of esters is 1. The maximum absolute atomic E-state index is 12.0. The quantitative estimate of drug-likeness (QED) is 0.834. The molecule has 1 aliphatic carbocycles. The van der Waals surface area contributed by atoms with Gasteiger partial charge in [0, 0.05) is 11.5 Å². The minimum atomic E-state index is -0.326. The molecule has 0 amide bonds. The standard InChI is InChI=1S/C15H12N2O2/c16-14-9-13(11-7-3-4-8-12(11)17-14)19-15(18)10-5-1-2-6-10/h1-10H,(H2,16,17). The number of aromatic nitrogens is 1. The van der Waals surface area contributed by atoms with Crippen LogP contribution in [0, 0.1) is 5.92 Å². The minimum absolute atomic E-state index is 0.319. The van der Waals surface area contributed by atoms with Gasteiger partial charge in [0.25, 0.3) is 0 Å². The van der Waals surface area contributed by atoms with E-state index in [9.17, 15) is 4.79 Å². The molecular weight excluding hydrogens is 240 g/mol. The van der Waals surface area contributed by atoms with Crippen molar-refractivity contribution in [3.63, 3.8) is 0 Å². The largest absolute Gasteiger partial charge is 0.425 e. The van der Waals surface area contributed by atoms with E-state index >= 15 is 0 Å². The highest BCUT2D eigenvalue weighted by atomic mass is 16.5. The Morgan fingerprint density at radius 1 is 1.21 bits per heavy atom. The number of rotatable bonds is 2. The lowest BCUT2D eigenvalue weighted by Gasteiger charge is -2.10. The van der Waals surface area contributed by atoms with E-state index in [2.05, 4.69) is 4.98 Å². The third kappa shape index (κ3) is 2.20. The van der Waals surface area contributed by atoms with Crippen LogP contribution in [0.3, 0.4) is 0 Å². The van der Waals surface area contributed by atoms with Crippen molar-refractivity contribution in [3.05, 3.63) is 54.6 Å². The number of carbonyl (C=O) groups is 1. The predicted octanol–water partition coefficient (Wildman–Crippen LogP) is 2.46. The monoisotopic (exact) mass is 252 g/mol. The summed E-state index contributed by atoms with van der Waals surface area (Å²) in [6.45, 7) is 0. The van der Waals surface area contributed by atoms with Crippen LogP contribution < -0.4 is 10.5 Å². The van der Waals surface area contributed by atoms with Crippen LogP contribution in [0.15, 0.2) is 54.6 Å². The van der Waals surface area contributed by atoms with Crippen LogP contribution in [0.4, 0.5) is 5.82 Å². The van der Waals surface area contributed by atoms with Crippen LogP contribution in [0.25, 0.3) is 10.9 Å². The summed E-state index contributed by atoms with van der Waals surface area (Å²) < 4.78 is 5.43. The van der Waals surface area contributed by atoms with Gasteiger partial charge < -0.3 is 10.5 Å². The third-order valence-corrected chi connectivity index (χ3v) is 2.93. The van der Waals surface area contributed by atoms with Gasteiger partial charge in [-0.1, -0.05) is 36.4 Å². The Hall–Kier alpha value is -2.62. The summed E-state index contributed by atoms with van der Waals surface area (Å²) in [7, 11) is 0. The van der Waals surface area contributed by atoms with Crippen LogP contribution in [0.5, 0.6) is 5.75 Å². The molecule has 2 N–H and O–H groups in total. The van der Waals surface area contributed by atoms with Crippen molar-refractivity contribution < 1.29 is 9.53 Å². The van der Waals surface area contributed by atoms with Gasteiger partial charge in [-0.2, -0.15) is 0 Å². The summed E-state index contributed by atoms with van der Waals surface area (Å²) in [6.07, 6.45) is 7.22. The molecule has 1 heterocycles. The SMILES string of the molecule is Nc1cc(OC(=O)C2C=CC=C2)c2ccccc2n1. The molecule has 94 valence electrons. The predicted molar refractivity (Wildman–Crippen MR) is 73.6 cm³/mol. The zero-order chi connectivity index (χ0) is 13.2. The molecule has 0 spiro atoms. The summed E-state index contributed by atoms with van der Waals surface area (Å²) in [4.78, 5) is 16.2. The molecule has 19 heavy (non-hydrogen) atoms. The first-order valence-corrected chi connectivity index (χ1v) is 5.96. The van der Waals surface area contributed by atoms with Gasteiger partial charge in [-0.25, -0.2) is 4.98 Å². The van der Waals surface area contributed by atoms with Gasteiger partial charge in [0.15, 0.2) is 0 Å². The minimum Gasteiger partial charge on any atom is -0.425 e. The Morgan fingerprint density at radius 3 is 2.74 bits per heavy atom. The Morgan fingerprint density at radius 2 is 1.95 bits per heavy atom. The highest BCUT2D eigenvalue weighted by molar-refractivity contribution is 5.90. The molecule has 0 fully saturated rings. The Balaban J connectivity index is 1.98. The van der Waals surface area contributed by atoms with Gasteiger partial charge in [-0.05, 0) is 12.1 Å². The molecule has 4 nitrogen and oxygen atoms in total. The summed E-state index contributed by atoms with van der Waals surface area (Å²) in [5.41, 5.74) is 6.43. The van der Waals surface area contributed by atoms with Crippen molar-refractivity contribution in [2.24, 2.45) is 5.92 Å². The smallest absolute Gasteiger partial charge is 0.322 e. The number of anilines is 1. The number of nitrogens with zero attached hydrogens (tertiary/aromatic N) is 1. The first-order valence-electron chi connectivity index (χ1n) is 5.96. The maximum Gasteiger partial charge on any atom is 0.322 e. The second-order valence-corrected chi connectivity index (χ2v) is 4.28. The molecule has 0 atom stereocenters. The molecule has 0 bridgehead atoms. The van der Waals surface area contributed by atoms with Crippen molar-refractivity contribution in [3.8, 4) is 5.75 Å². The van der Waals surface area contributed by atoms with E-state index in [0.29, 0.717) is 17.1 Å². The van der Waals surface area contributed by atoms with E-state index in [0.717, 1.165) is 5.39 Å². The number of ether oxygens (including phenoxy) is 1. The van der Waals surface area contributed by atoms with E-state index in [1.807, 2.05) is 36.4 Å². The van der Waals surface area contributed by atoms with Crippen LogP contribution in [0.1, 0.15) is 0 Å². The molecule has 0 radical (unpaired) electrons. The number of carbonyl (C=O) groups excluding carboxylic acids is 1. The van der Waals surface area contributed by atoms with E-state index in [4.69, 9.17) is 10.5 Å². The lowest BCUT2D eigenvalue weighted by Crippen LogP contribution is -2.16. The Bertz CT molecular complexity index is 692. The number of benzene rings is 1. The third-order valence-electron chi connectivity index (χ3n) is 2.93. The van der Waals surface area contributed by atoms with Crippen LogP contribution in [-0.2, 0) is 4.79 Å². The van der Waals surface area contributed by atoms with Gasteiger partial charge in [-0.3, -0.25) is 4.79 Å². The topological polar surface area (TPSA) is 65.2 Å². The fraction of sp³-hybridized carbons (Fsp3) is 0.0667. The van der Waals surface area contributed by atoms with Crippen molar-refractivity contribution >= 4 is 22.7 Å². The molecule has 3 rings (SSSR count). The number of nitrogen functional groups attached to an aromatic ring is 1. The zero-order valence-electron chi connectivity index (χ0n) is 10.1. The highest BCUT2D eigenvalue weighted by Crippen LogP contribution is 2.27. The number of hydrogen-bond donors (Lipinski definition) is 1. The molecule has 4 heteroatoms. The number of hydrogen-bond acceptors (Lipinski definition) is 4. The summed E-state index contributed by atoms with van der Waals surface area (Å²) in [6, 6.07) is 8.99. The summed E-state index contributed by atoms with van der Waals surface area (Å²) >= 11 is 0. The van der Waals surface area contributed by atoms with Gasteiger partial charge in [-0.15, -0.1) is 0 Å². The molecule has 2 aromatic rings. The van der Waals surface area contributed by atoms with Gasteiger partial charge in [0.1, 0.15) is 11.6 Å². The van der Waals surface area contributed by atoms with E-state index in [1.54, 1.807) is 18.2 Å². The number of para-hydroxylation sites is 1. The first kappa shape index (κ1) is 11.5. The number of allylic oxidation sites excluding steroid dienone is 2. The molecule has 1 aromatic heterocycles.